The first-order valence-electron chi connectivity index (χ1n) is 8.16. The van der Waals surface area contributed by atoms with E-state index in [0.29, 0.717) is 5.75 Å². The Morgan fingerprint density at radius 2 is 2.04 bits per heavy atom. The molecule has 0 aliphatic carbocycles. The molecule has 0 radical (unpaired) electrons. The summed E-state index contributed by atoms with van der Waals surface area (Å²) in [5.41, 5.74) is 3.03. The molecule has 3 rings (SSSR count). The molecule has 1 amide bonds. The Kier molecular flexibility index (Phi) is 5.68. The first-order valence-corrected chi connectivity index (χ1v) is 8.95. The first-order chi connectivity index (χ1) is 12.5. The summed E-state index contributed by atoms with van der Waals surface area (Å²) in [6.45, 7) is 3.89. The molecule has 1 atom stereocenters. The maximum Gasteiger partial charge on any atom is 0.258 e. The number of halogens is 1. The molecule has 2 aromatic carbocycles. The van der Waals surface area contributed by atoms with Crippen LogP contribution in [0.5, 0.6) is 5.75 Å². The van der Waals surface area contributed by atoms with E-state index >= 15 is 0 Å². The van der Waals surface area contributed by atoms with E-state index in [1.54, 1.807) is 11.0 Å². The van der Waals surface area contributed by atoms with Crippen molar-refractivity contribution in [3.8, 4) is 11.4 Å². The van der Waals surface area contributed by atoms with Gasteiger partial charge in [-0.05, 0) is 65.2 Å². The summed E-state index contributed by atoms with van der Waals surface area (Å²) in [5, 5.41) is 7.03. The molecular weight excluding hydrogens is 396 g/mol. The fraction of sp³-hybridized carbons (Fsp3) is 0.211. The van der Waals surface area contributed by atoms with Crippen molar-refractivity contribution in [2.45, 2.75) is 19.9 Å². The lowest BCUT2D eigenvalue weighted by molar-refractivity contribution is -0.123. The fourth-order valence-corrected chi connectivity index (χ4v) is 3.10. The number of aromatic nitrogens is 3. The molecule has 0 aliphatic rings. The molecule has 7 heteroatoms. The summed E-state index contributed by atoms with van der Waals surface area (Å²) < 4.78 is 8.10. The van der Waals surface area contributed by atoms with Gasteiger partial charge in [0, 0.05) is 0 Å². The molecule has 0 spiro atoms. The van der Waals surface area contributed by atoms with E-state index < -0.39 is 0 Å². The molecule has 1 aromatic heterocycles. The van der Waals surface area contributed by atoms with Crippen LogP contribution in [0, 0.1) is 6.92 Å². The lowest BCUT2D eigenvalue weighted by atomic mass is 10.1. The van der Waals surface area contributed by atoms with Gasteiger partial charge in [-0.15, -0.1) is 0 Å². The SMILES string of the molecule is Cc1ccc(OCC(=O)N[C@@H](C)c2ccc(-n3cncn3)cc2)c(Br)c1. The number of ether oxygens (including phenoxy) is 1. The van der Waals surface area contributed by atoms with Crippen molar-refractivity contribution < 1.29 is 9.53 Å². The average Bonchev–Trinajstić information content (AvgIpc) is 3.16. The normalized spacial score (nSPS) is 11.8. The van der Waals surface area contributed by atoms with E-state index in [1.807, 2.05) is 56.3 Å². The van der Waals surface area contributed by atoms with Gasteiger partial charge in [-0.3, -0.25) is 4.79 Å². The van der Waals surface area contributed by atoms with E-state index in [2.05, 4.69) is 31.3 Å². The van der Waals surface area contributed by atoms with Gasteiger partial charge in [0.25, 0.3) is 5.91 Å². The van der Waals surface area contributed by atoms with Crippen LogP contribution in [0.15, 0.2) is 59.6 Å². The number of carbonyl (C=O) groups excluding carboxylic acids is 1. The van der Waals surface area contributed by atoms with Crippen molar-refractivity contribution in [3.05, 3.63) is 70.7 Å². The fourth-order valence-electron chi connectivity index (χ4n) is 2.49. The Hall–Kier alpha value is -2.67. The van der Waals surface area contributed by atoms with Crippen LogP contribution < -0.4 is 10.1 Å². The smallest absolute Gasteiger partial charge is 0.258 e. The zero-order valence-corrected chi connectivity index (χ0v) is 16.1. The molecule has 0 bridgehead atoms. The van der Waals surface area contributed by atoms with Crippen molar-refractivity contribution >= 4 is 21.8 Å². The summed E-state index contributed by atoms with van der Waals surface area (Å²) in [7, 11) is 0. The molecule has 3 aromatic rings. The number of aryl methyl sites for hydroxylation is 1. The molecular formula is C19H19BrN4O2. The molecule has 0 fully saturated rings. The van der Waals surface area contributed by atoms with Crippen LogP contribution in [-0.2, 0) is 4.79 Å². The highest BCUT2D eigenvalue weighted by Gasteiger charge is 2.11. The third-order valence-electron chi connectivity index (χ3n) is 3.90. The Morgan fingerprint density at radius 3 is 2.69 bits per heavy atom. The second-order valence-electron chi connectivity index (χ2n) is 5.94. The molecule has 6 nitrogen and oxygen atoms in total. The number of nitrogens with zero attached hydrogens (tertiary/aromatic N) is 3. The van der Waals surface area contributed by atoms with Gasteiger partial charge < -0.3 is 10.1 Å². The number of nitrogens with one attached hydrogen (secondary N) is 1. The molecule has 0 unspecified atom stereocenters. The second-order valence-corrected chi connectivity index (χ2v) is 6.80. The summed E-state index contributed by atoms with van der Waals surface area (Å²) in [6, 6.07) is 13.4. The van der Waals surface area contributed by atoms with E-state index in [0.717, 1.165) is 21.3 Å². The number of carbonyl (C=O) groups is 1. The quantitative estimate of drug-likeness (QED) is 0.668. The van der Waals surface area contributed by atoms with E-state index in [1.165, 1.54) is 6.33 Å². The highest BCUT2D eigenvalue weighted by molar-refractivity contribution is 9.10. The second kappa shape index (κ2) is 8.14. The van der Waals surface area contributed by atoms with Gasteiger partial charge in [-0.1, -0.05) is 18.2 Å². The monoisotopic (exact) mass is 414 g/mol. The van der Waals surface area contributed by atoms with Gasteiger partial charge in [-0.25, -0.2) is 9.67 Å². The van der Waals surface area contributed by atoms with E-state index in [4.69, 9.17) is 4.74 Å². The molecule has 1 N–H and O–H groups in total. The summed E-state index contributed by atoms with van der Waals surface area (Å²) in [4.78, 5) is 16.1. The van der Waals surface area contributed by atoms with Crippen LogP contribution in [0.3, 0.4) is 0 Å². The van der Waals surface area contributed by atoms with Gasteiger partial charge in [0.1, 0.15) is 18.4 Å². The minimum absolute atomic E-state index is 0.0386. The van der Waals surface area contributed by atoms with Gasteiger partial charge in [-0.2, -0.15) is 5.10 Å². The minimum Gasteiger partial charge on any atom is -0.483 e. The van der Waals surface area contributed by atoms with Crippen molar-refractivity contribution in [3.63, 3.8) is 0 Å². The van der Waals surface area contributed by atoms with Gasteiger partial charge in [0.2, 0.25) is 0 Å². The lowest BCUT2D eigenvalue weighted by Gasteiger charge is -2.15. The first kappa shape index (κ1) is 18.1. The maximum atomic E-state index is 12.2. The predicted octanol–water partition coefficient (Wildman–Crippen LogP) is 3.59. The van der Waals surface area contributed by atoms with Crippen molar-refractivity contribution in [2.24, 2.45) is 0 Å². The molecule has 0 aliphatic heterocycles. The lowest BCUT2D eigenvalue weighted by Crippen LogP contribution is -2.31. The highest BCUT2D eigenvalue weighted by Crippen LogP contribution is 2.25. The van der Waals surface area contributed by atoms with Crippen LogP contribution in [0.1, 0.15) is 24.1 Å². The summed E-state index contributed by atoms with van der Waals surface area (Å²) in [6.07, 6.45) is 3.13. The largest absolute Gasteiger partial charge is 0.483 e. The van der Waals surface area contributed by atoms with Crippen LogP contribution in [0.2, 0.25) is 0 Å². The van der Waals surface area contributed by atoms with Crippen LogP contribution in [0.25, 0.3) is 5.69 Å². The highest BCUT2D eigenvalue weighted by atomic mass is 79.9. The third-order valence-corrected chi connectivity index (χ3v) is 4.52. The zero-order chi connectivity index (χ0) is 18.5. The Balaban J connectivity index is 1.55. The summed E-state index contributed by atoms with van der Waals surface area (Å²) in [5.74, 6) is 0.473. The van der Waals surface area contributed by atoms with E-state index in [-0.39, 0.29) is 18.6 Å². The van der Waals surface area contributed by atoms with Crippen molar-refractivity contribution in [1.29, 1.82) is 0 Å². The van der Waals surface area contributed by atoms with Crippen LogP contribution in [-0.4, -0.2) is 27.3 Å². The predicted molar refractivity (Wildman–Crippen MR) is 102 cm³/mol. The Bertz CT molecular complexity index is 879. The maximum absolute atomic E-state index is 12.2. The number of benzene rings is 2. The van der Waals surface area contributed by atoms with Gasteiger partial charge in [0.05, 0.1) is 16.2 Å². The number of hydrogen-bond acceptors (Lipinski definition) is 4. The number of amides is 1. The topological polar surface area (TPSA) is 69.0 Å². The molecule has 0 saturated heterocycles. The molecule has 1 heterocycles. The Morgan fingerprint density at radius 1 is 1.27 bits per heavy atom. The number of rotatable bonds is 6. The third kappa shape index (κ3) is 4.49. The van der Waals surface area contributed by atoms with E-state index in [9.17, 15) is 4.79 Å². The van der Waals surface area contributed by atoms with Gasteiger partial charge in [0.15, 0.2) is 6.61 Å². The summed E-state index contributed by atoms with van der Waals surface area (Å²) >= 11 is 3.44. The average molecular weight is 415 g/mol. The standard InChI is InChI=1S/C19H19BrN4O2/c1-13-3-8-18(17(20)9-13)26-10-19(25)23-14(2)15-4-6-16(7-5-15)24-12-21-11-22-24/h3-9,11-12,14H,10H2,1-2H3,(H,23,25)/t14-/m0/s1. The number of hydrogen-bond donors (Lipinski definition) is 1. The molecule has 134 valence electrons. The van der Waals surface area contributed by atoms with Crippen molar-refractivity contribution in [2.75, 3.05) is 6.61 Å². The zero-order valence-electron chi connectivity index (χ0n) is 14.5. The van der Waals surface area contributed by atoms with Crippen LogP contribution >= 0.6 is 15.9 Å². The minimum atomic E-state index is -0.176. The van der Waals surface area contributed by atoms with Crippen LogP contribution in [0.4, 0.5) is 0 Å². The van der Waals surface area contributed by atoms with Gasteiger partial charge >= 0.3 is 0 Å². The molecule has 26 heavy (non-hydrogen) atoms. The molecule has 0 saturated carbocycles. The Labute approximate surface area is 160 Å². The van der Waals surface area contributed by atoms with Crippen molar-refractivity contribution in [1.82, 2.24) is 20.1 Å².